The first-order chi connectivity index (χ1) is 13.0. The van der Waals surface area contributed by atoms with Crippen molar-refractivity contribution >= 4 is 17.8 Å². The average molecular weight is 368 g/mol. The Morgan fingerprint density at radius 3 is 2.19 bits per heavy atom. The van der Waals surface area contributed by atoms with Crippen molar-refractivity contribution in [3.8, 4) is 0 Å². The van der Waals surface area contributed by atoms with E-state index in [-0.39, 0.29) is 18.2 Å². The molecule has 2 aromatic rings. The van der Waals surface area contributed by atoms with Gasteiger partial charge in [0.05, 0.1) is 0 Å². The number of carbonyl (C=O) groups is 3. The summed E-state index contributed by atoms with van der Waals surface area (Å²) >= 11 is 0. The number of aliphatic carboxylic acids is 1. The van der Waals surface area contributed by atoms with E-state index in [1.165, 1.54) is 0 Å². The molecule has 6 nitrogen and oxygen atoms in total. The summed E-state index contributed by atoms with van der Waals surface area (Å²) in [6, 6.07) is 16.8. The summed E-state index contributed by atoms with van der Waals surface area (Å²) in [5, 5.41) is 14.1. The predicted octanol–water partition coefficient (Wildman–Crippen LogP) is 2.53. The molecule has 0 atom stereocenters. The van der Waals surface area contributed by atoms with Crippen LogP contribution in [0.3, 0.4) is 0 Å². The van der Waals surface area contributed by atoms with Crippen LogP contribution in [0.25, 0.3) is 0 Å². The van der Waals surface area contributed by atoms with Gasteiger partial charge in [0.15, 0.2) is 0 Å². The highest BCUT2D eigenvalue weighted by Gasteiger charge is 2.06. The lowest BCUT2D eigenvalue weighted by Crippen LogP contribution is -2.25. The highest BCUT2D eigenvalue weighted by Crippen LogP contribution is 2.06. The molecule has 0 fully saturated rings. The van der Waals surface area contributed by atoms with Crippen LogP contribution in [-0.2, 0) is 22.6 Å². The van der Waals surface area contributed by atoms with Gasteiger partial charge in [-0.25, -0.2) is 0 Å². The Morgan fingerprint density at radius 2 is 1.52 bits per heavy atom. The van der Waals surface area contributed by atoms with Crippen LogP contribution in [0.5, 0.6) is 0 Å². The number of benzene rings is 2. The van der Waals surface area contributed by atoms with Gasteiger partial charge in [0, 0.05) is 31.5 Å². The zero-order valence-corrected chi connectivity index (χ0v) is 15.1. The van der Waals surface area contributed by atoms with Crippen LogP contribution in [0.1, 0.15) is 40.7 Å². The first-order valence-corrected chi connectivity index (χ1v) is 8.94. The lowest BCUT2D eigenvalue weighted by molar-refractivity contribution is -0.137. The molecule has 0 saturated heterocycles. The number of carboxylic acids is 1. The molecule has 0 aromatic heterocycles. The average Bonchev–Trinajstić information content (AvgIpc) is 2.69. The summed E-state index contributed by atoms with van der Waals surface area (Å²) in [6.07, 6.45) is 1.56. The molecular weight excluding hydrogens is 344 g/mol. The van der Waals surface area contributed by atoms with Crippen molar-refractivity contribution in [3.05, 3.63) is 71.3 Å². The van der Waals surface area contributed by atoms with E-state index in [0.717, 1.165) is 11.1 Å². The summed E-state index contributed by atoms with van der Waals surface area (Å²) in [7, 11) is 0. The van der Waals surface area contributed by atoms with Crippen LogP contribution in [0.15, 0.2) is 54.6 Å². The quantitative estimate of drug-likeness (QED) is 0.562. The van der Waals surface area contributed by atoms with Crippen LogP contribution in [0.4, 0.5) is 0 Å². The normalized spacial score (nSPS) is 10.2. The summed E-state index contributed by atoms with van der Waals surface area (Å²) in [6.45, 7) is 0.735. The molecule has 0 aliphatic heterocycles. The summed E-state index contributed by atoms with van der Waals surface area (Å²) in [5.74, 6) is -1.13. The van der Waals surface area contributed by atoms with Gasteiger partial charge < -0.3 is 15.7 Å². The number of hydrogen-bond acceptors (Lipinski definition) is 3. The third kappa shape index (κ3) is 7.73. The molecule has 6 heteroatoms. The Bertz CT molecular complexity index is 758. The Kier molecular flexibility index (Phi) is 8.03. The molecular formula is C21H24N2O4. The topological polar surface area (TPSA) is 95.5 Å². The predicted molar refractivity (Wildman–Crippen MR) is 102 cm³/mol. The maximum Gasteiger partial charge on any atom is 0.303 e. The molecule has 27 heavy (non-hydrogen) atoms. The highest BCUT2D eigenvalue weighted by atomic mass is 16.4. The van der Waals surface area contributed by atoms with Gasteiger partial charge in [0.1, 0.15) is 0 Å². The second-order valence-electron chi connectivity index (χ2n) is 6.21. The van der Waals surface area contributed by atoms with Crippen molar-refractivity contribution in [2.24, 2.45) is 0 Å². The summed E-state index contributed by atoms with van der Waals surface area (Å²) < 4.78 is 0. The van der Waals surface area contributed by atoms with Crippen molar-refractivity contribution in [2.75, 3.05) is 6.54 Å². The Morgan fingerprint density at radius 1 is 0.815 bits per heavy atom. The van der Waals surface area contributed by atoms with Crippen molar-refractivity contribution in [1.82, 2.24) is 10.6 Å². The van der Waals surface area contributed by atoms with Crippen molar-refractivity contribution in [2.45, 2.75) is 32.2 Å². The lowest BCUT2D eigenvalue weighted by atomic mass is 10.1. The van der Waals surface area contributed by atoms with E-state index < -0.39 is 5.97 Å². The minimum atomic E-state index is -0.876. The molecule has 0 aliphatic rings. The van der Waals surface area contributed by atoms with Gasteiger partial charge in [0.2, 0.25) is 5.91 Å². The molecule has 0 spiro atoms. The molecule has 3 N–H and O–H groups in total. The highest BCUT2D eigenvalue weighted by molar-refractivity contribution is 5.94. The molecule has 2 amide bonds. The van der Waals surface area contributed by atoms with E-state index in [1.807, 2.05) is 30.3 Å². The molecule has 0 aliphatic carbocycles. The molecule has 0 heterocycles. The fraction of sp³-hybridized carbons (Fsp3) is 0.286. The fourth-order valence-electron chi connectivity index (χ4n) is 2.51. The molecule has 0 saturated carbocycles. The minimum absolute atomic E-state index is 0.0147. The Balaban J connectivity index is 1.70. The van der Waals surface area contributed by atoms with E-state index in [2.05, 4.69) is 10.6 Å². The molecule has 0 unspecified atom stereocenters. The third-order valence-corrected chi connectivity index (χ3v) is 4.04. The number of amides is 2. The number of hydrogen-bond donors (Lipinski definition) is 3. The van der Waals surface area contributed by atoms with Gasteiger partial charge in [-0.15, -0.1) is 0 Å². The zero-order chi connectivity index (χ0) is 19.5. The van der Waals surface area contributed by atoms with Gasteiger partial charge >= 0.3 is 5.97 Å². The van der Waals surface area contributed by atoms with Crippen molar-refractivity contribution in [1.29, 1.82) is 0 Å². The molecule has 0 radical (unpaired) electrons. The Hall–Kier alpha value is -3.15. The van der Waals surface area contributed by atoms with Gasteiger partial charge in [-0.1, -0.05) is 42.5 Å². The van der Waals surface area contributed by atoms with Crippen LogP contribution < -0.4 is 10.6 Å². The molecule has 142 valence electrons. The van der Waals surface area contributed by atoms with E-state index >= 15 is 0 Å². The fourth-order valence-corrected chi connectivity index (χ4v) is 2.51. The van der Waals surface area contributed by atoms with Crippen LogP contribution in [0, 0.1) is 0 Å². The van der Waals surface area contributed by atoms with Crippen LogP contribution in [-0.4, -0.2) is 29.4 Å². The first-order valence-electron chi connectivity index (χ1n) is 8.94. The monoisotopic (exact) mass is 368 g/mol. The summed E-state index contributed by atoms with van der Waals surface area (Å²) in [5.41, 5.74) is 2.54. The molecule has 2 rings (SSSR count). The smallest absolute Gasteiger partial charge is 0.303 e. The van der Waals surface area contributed by atoms with Crippen LogP contribution >= 0.6 is 0 Å². The van der Waals surface area contributed by atoms with E-state index in [0.29, 0.717) is 37.9 Å². The number of nitrogens with one attached hydrogen (secondary N) is 2. The van der Waals surface area contributed by atoms with E-state index in [4.69, 9.17) is 5.11 Å². The van der Waals surface area contributed by atoms with Gasteiger partial charge in [-0.2, -0.15) is 0 Å². The van der Waals surface area contributed by atoms with E-state index in [1.54, 1.807) is 24.3 Å². The number of rotatable bonds is 10. The van der Waals surface area contributed by atoms with Crippen molar-refractivity contribution < 1.29 is 19.5 Å². The van der Waals surface area contributed by atoms with Crippen LogP contribution in [0.2, 0.25) is 0 Å². The standard InChI is InChI=1S/C21H24N2O4/c24-19(13-10-16-5-2-1-3-6-16)23-15-17-8-11-18(12-9-17)21(27)22-14-4-7-20(25)26/h1-3,5-6,8-9,11-12H,4,7,10,13-15H2,(H,22,27)(H,23,24)(H,25,26). The van der Waals surface area contributed by atoms with Gasteiger partial charge in [0.25, 0.3) is 5.91 Å². The second-order valence-corrected chi connectivity index (χ2v) is 6.21. The number of carbonyl (C=O) groups excluding carboxylic acids is 2. The third-order valence-electron chi connectivity index (χ3n) is 4.04. The SMILES string of the molecule is O=C(O)CCCNC(=O)c1ccc(CNC(=O)CCc2ccccc2)cc1. The minimum Gasteiger partial charge on any atom is -0.481 e. The maximum atomic E-state index is 12.0. The van der Waals surface area contributed by atoms with E-state index in [9.17, 15) is 14.4 Å². The molecule has 0 bridgehead atoms. The lowest BCUT2D eigenvalue weighted by Gasteiger charge is -2.07. The largest absolute Gasteiger partial charge is 0.481 e. The Labute approximate surface area is 158 Å². The van der Waals surface area contributed by atoms with Crippen molar-refractivity contribution in [3.63, 3.8) is 0 Å². The summed E-state index contributed by atoms with van der Waals surface area (Å²) in [4.78, 5) is 34.3. The van der Waals surface area contributed by atoms with Gasteiger partial charge in [-0.05, 0) is 36.1 Å². The van der Waals surface area contributed by atoms with Gasteiger partial charge in [-0.3, -0.25) is 14.4 Å². The zero-order valence-electron chi connectivity index (χ0n) is 15.1. The molecule has 2 aromatic carbocycles. The number of carboxylic acid groups (broad SMARTS) is 1. The maximum absolute atomic E-state index is 12.0. The second kappa shape index (κ2) is 10.8. The number of aryl methyl sites for hydroxylation is 1. The first kappa shape index (κ1) is 20.2.